The first kappa shape index (κ1) is 20.9. The highest BCUT2D eigenvalue weighted by Crippen LogP contribution is 2.30. The molecule has 0 unspecified atom stereocenters. The summed E-state index contributed by atoms with van der Waals surface area (Å²) < 4.78 is 6.96. The molecule has 0 amide bonds. The number of ether oxygens (including phenoxy) is 1. The van der Waals surface area contributed by atoms with E-state index in [4.69, 9.17) is 4.74 Å². The fourth-order valence-corrected chi connectivity index (χ4v) is 3.08. The van der Waals surface area contributed by atoms with E-state index in [0.29, 0.717) is 34.4 Å². The van der Waals surface area contributed by atoms with Gasteiger partial charge in [0.25, 0.3) is 0 Å². The first-order valence-electron chi connectivity index (χ1n) is 9.81. The zero-order valence-corrected chi connectivity index (χ0v) is 17.4. The van der Waals surface area contributed by atoms with Crippen LogP contribution in [0.2, 0.25) is 0 Å². The zero-order chi connectivity index (χ0) is 20.9. The normalized spacial score (nSPS) is 14.2. The third-order valence-electron chi connectivity index (χ3n) is 4.61. The molecule has 0 radical (unpaired) electrons. The summed E-state index contributed by atoms with van der Waals surface area (Å²) in [5.41, 5.74) is 1.26. The molecule has 4 rings (SSSR count). The lowest BCUT2D eigenvalue weighted by molar-refractivity contribution is 0.0694. The van der Waals surface area contributed by atoms with Crippen LogP contribution in [0, 0.1) is 0 Å². The Kier molecular flexibility index (Phi) is 6.60. The predicted octanol–water partition coefficient (Wildman–Crippen LogP) is 2.22. The molecule has 0 saturated carbocycles. The van der Waals surface area contributed by atoms with Crippen LogP contribution in [0.3, 0.4) is 0 Å². The van der Waals surface area contributed by atoms with E-state index in [2.05, 4.69) is 30.7 Å². The number of anilines is 1. The molecule has 0 spiro atoms. The molecule has 1 saturated heterocycles. The highest BCUT2D eigenvalue weighted by molar-refractivity contribution is 5.61. The summed E-state index contributed by atoms with van der Waals surface area (Å²) in [6, 6.07) is 3.52. The van der Waals surface area contributed by atoms with Crippen LogP contribution in [0.4, 0.5) is 5.95 Å². The molecule has 9 nitrogen and oxygen atoms in total. The van der Waals surface area contributed by atoms with Gasteiger partial charge in [0.15, 0.2) is 5.65 Å². The minimum absolute atomic E-state index is 0.426. The standard InChI is InChI=1S/C15H18N6O2.C5H11N/c1-15(2,22)13-11(23-4)7-12-18-8-10(21(12)20-13)9-5-6-17-14(16-3)19-9;1-2-4-6-5-3-1/h5-8,22H,1-4H3,(H,16,17,19);6H,1-5H2. The number of nitrogens with zero attached hydrogens (tertiary/aromatic N) is 5. The van der Waals surface area contributed by atoms with Crippen LogP contribution in [0.15, 0.2) is 24.5 Å². The second-order valence-electron chi connectivity index (χ2n) is 7.36. The van der Waals surface area contributed by atoms with Crippen molar-refractivity contribution in [1.29, 1.82) is 0 Å². The Hall–Kier alpha value is -2.78. The van der Waals surface area contributed by atoms with Gasteiger partial charge in [0, 0.05) is 19.3 Å². The van der Waals surface area contributed by atoms with E-state index < -0.39 is 5.60 Å². The average molecular weight is 399 g/mol. The maximum Gasteiger partial charge on any atom is 0.222 e. The summed E-state index contributed by atoms with van der Waals surface area (Å²) in [6.07, 6.45) is 7.55. The Morgan fingerprint density at radius 1 is 1.21 bits per heavy atom. The first-order valence-corrected chi connectivity index (χ1v) is 9.81. The van der Waals surface area contributed by atoms with E-state index in [1.165, 1.54) is 39.5 Å². The molecular formula is C20H29N7O2. The van der Waals surface area contributed by atoms with Crippen LogP contribution in [0.25, 0.3) is 17.0 Å². The molecule has 0 atom stereocenters. The molecule has 1 fully saturated rings. The molecular weight excluding hydrogens is 370 g/mol. The lowest BCUT2D eigenvalue weighted by Gasteiger charge is -2.19. The second-order valence-corrected chi connectivity index (χ2v) is 7.36. The number of methoxy groups -OCH3 is 1. The van der Waals surface area contributed by atoms with Crippen molar-refractivity contribution in [3.63, 3.8) is 0 Å². The van der Waals surface area contributed by atoms with Gasteiger partial charge in [0.2, 0.25) is 5.95 Å². The molecule has 3 N–H and O–H groups in total. The molecule has 4 heterocycles. The number of imidazole rings is 1. The predicted molar refractivity (Wildman–Crippen MR) is 112 cm³/mol. The van der Waals surface area contributed by atoms with E-state index in [0.717, 1.165) is 0 Å². The highest BCUT2D eigenvalue weighted by Gasteiger charge is 2.25. The van der Waals surface area contributed by atoms with E-state index in [-0.39, 0.29) is 0 Å². The third-order valence-corrected chi connectivity index (χ3v) is 4.61. The Labute approximate surface area is 170 Å². The molecule has 1 aliphatic heterocycles. The average Bonchev–Trinajstić information content (AvgIpc) is 3.17. The Balaban J connectivity index is 0.000000343. The van der Waals surface area contributed by atoms with Gasteiger partial charge in [-0.1, -0.05) is 6.42 Å². The number of nitrogens with one attached hydrogen (secondary N) is 2. The molecule has 0 aliphatic carbocycles. The van der Waals surface area contributed by atoms with Crippen molar-refractivity contribution in [2.45, 2.75) is 38.7 Å². The Morgan fingerprint density at radius 2 is 1.97 bits per heavy atom. The molecule has 0 aromatic carbocycles. The monoisotopic (exact) mass is 399 g/mol. The van der Waals surface area contributed by atoms with Gasteiger partial charge >= 0.3 is 0 Å². The summed E-state index contributed by atoms with van der Waals surface area (Å²) in [5.74, 6) is 0.995. The van der Waals surface area contributed by atoms with Crippen LogP contribution in [-0.4, -0.2) is 56.9 Å². The minimum Gasteiger partial charge on any atom is -0.495 e. The number of rotatable bonds is 4. The minimum atomic E-state index is -1.15. The fraction of sp³-hybridized carbons (Fsp3) is 0.500. The van der Waals surface area contributed by atoms with E-state index in [1.54, 1.807) is 49.9 Å². The molecule has 1 aliphatic rings. The number of hydrogen-bond acceptors (Lipinski definition) is 8. The summed E-state index contributed by atoms with van der Waals surface area (Å²) in [6.45, 7) is 5.81. The smallest absolute Gasteiger partial charge is 0.222 e. The van der Waals surface area contributed by atoms with E-state index >= 15 is 0 Å². The largest absolute Gasteiger partial charge is 0.495 e. The molecule has 0 bridgehead atoms. The summed E-state index contributed by atoms with van der Waals surface area (Å²) in [7, 11) is 3.29. The first-order chi connectivity index (χ1) is 13.9. The number of hydrogen-bond donors (Lipinski definition) is 3. The van der Waals surface area contributed by atoms with Crippen molar-refractivity contribution < 1.29 is 9.84 Å². The van der Waals surface area contributed by atoms with E-state index in [1.807, 2.05) is 0 Å². The van der Waals surface area contributed by atoms with Crippen LogP contribution in [-0.2, 0) is 5.60 Å². The maximum atomic E-state index is 10.3. The van der Waals surface area contributed by atoms with E-state index in [9.17, 15) is 5.11 Å². The summed E-state index contributed by atoms with van der Waals surface area (Å²) in [4.78, 5) is 12.8. The van der Waals surface area contributed by atoms with Crippen molar-refractivity contribution in [3.05, 3.63) is 30.2 Å². The van der Waals surface area contributed by atoms with Crippen LogP contribution < -0.4 is 15.4 Å². The zero-order valence-electron chi connectivity index (χ0n) is 17.4. The Morgan fingerprint density at radius 3 is 2.52 bits per heavy atom. The number of aromatic nitrogens is 5. The Bertz CT molecular complexity index is 934. The molecule has 3 aromatic heterocycles. The van der Waals surface area contributed by atoms with Gasteiger partial charge in [0.1, 0.15) is 22.7 Å². The van der Waals surface area contributed by atoms with Crippen molar-refractivity contribution >= 4 is 11.6 Å². The van der Waals surface area contributed by atoms with Gasteiger partial charge in [0.05, 0.1) is 19.0 Å². The summed E-state index contributed by atoms with van der Waals surface area (Å²) in [5, 5.41) is 21.0. The topological polar surface area (TPSA) is 109 Å². The quantitative estimate of drug-likeness (QED) is 0.613. The number of fused-ring (bicyclic) bond motifs is 1. The van der Waals surface area contributed by atoms with Crippen LogP contribution >= 0.6 is 0 Å². The lowest BCUT2D eigenvalue weighted by atomic mass is 10.0. The molecule has 156 valence electrons. The molecule has 9 heteroatoms. The number of aliphatic hydroxyl groups is 1. The van der Waals surface area contributed by atoms with Crippen LogP contribution in [0.1, 0.15) is 38.8 Å². The van der Waals surface area contributed by atoms with Crippen molar-refractivity contribution in [3.8, 4) is 17.1 Å². The maximum absolute atomic E-state index is 10.3. The third kappa shape index (κ3) is 4.99. The van der Waals surface area contributed by atoms with Crippen molar-refractivity contribution in [2.24, 2.45) is 0 Å². The summed E-state index contributed by atoms with van der Waals surface area (Å²) >= 11 is 0. The molecule has 3 aromatic rings. The van der Waals surface area contributed by atoms with Gasteiger partial charge in [-0.15, -0.1) is 0 Å². The van der Waals surface area contributed by atoms with Crippen molar-refractivity contribution in [1.82, 2.24) is 29.9 Å². The van der Waals surface area contributed by atoms with Crippen LogP contribution in [0.5, 0.6) is 5.75 Å². The second kappa shape index (κ2) is 9.15. The van der Waals surface area contributed by atoms with Gasteiger partial charge in [-0.05, 0) is 45.8 Å². The number of piperidine rings is 1. The highest BCUT2D eigenvalue weighted by atomic mass is 16.5. The fourth-order valence-electron chi connectivity index (χ4n) is 3.08. The SMILES string of the molecule is C1CCNCC1.CNc1nccc(-c2cnc3cc(OC)c(C(C)(C)O)nn23)n1. The lowest BCUT2D eigenvalue weighted by Crippen LogP contribution is -2.21. The van der Waals surface area contributed by atoms with Gasteiger partial charge in [-0.3, -0.25) is 0 Å². The van der Waals surface area contributed by atoms with Gasteiger partial charge in [-0.25, -0.2) is 19.5 Å². The van der Waals surface area contributed by atoms with Gasteiger partial charge < -0.3 is 20.5 Å². The van der Waals surface area contributed by atoms with Gasteiger partial charge in [-0.2, -0.15) is 5.10 Å². The molecule has 29 heavy (non-hydrogen) atoms. The van der Waals surface area contributed by atoms with Crippen molar-refractivity contribution in [2.75, 3.05) is 32.6 Å².